The Balaban J connectivity index is 2.13. The number of nitrogens with zero attached hydrogens (tertiary/aromatic N) is 4. The van der Waals surface area contributed by atoms with Gasteiger partial charge in [-0.05, 0) is 24.1 Å². The molecule has 0 aliphatic carbocycles. The molecule has 0 saturated carbocycles. The average molecular weight is 273 g/mol. The lowest BCUT2D eigenvalue weighted by molar-refractivity contribution is 0.0988. The first-order valence-electron chi connectivity index (χ1n) is 6.63. The summed E-state index contributed by atoms with van der Waals surface area (Å²) in [7, 11) is 1.73. The standard InChI is InChI=1S/C14H19N5O/c1-3-11-4-6-12(7-5-11)18(2)14(20)13-10-19(9-8-15)17-16-13/h4-7,10H,3,8-9,15H2,1-2H3. The number of aryl methyl sites for hydroxylation is 1. The lowest BCUT2D eigenvalue weighted by Crippen LogP contribution is -2.26. The summed E-state index contributed by atoms with van der Waals surface area (Å²) in [5.74, 6) is -0.183. The van der Waals surface area contributed by atoms with Crippen LogP contribution in [0.25, 0.3) is 0 Å². The Morgan fingerprint density at radius 1 is 1.35 bits per heavy atom. The van der Waals surface area contributed by atoms with Crippen molar-refractivity contribution in [1.82, 2.24) is 15.0 Å². The van der Waals surface area contributed by atoms with Gasteiger partial charge in [0.15, 0.2) is 5.69 Å². The molecule has 0 spiro atoms. The molecule has 2 aromatic rings. The molecule has 6 heteroatoms. The number of hydrogen-bond donors (Lipinski definition) is 1. The largest absolute Gasteiger partial charge is 0.329 e. The number of rotatable bonds is 5. The van der Waals surface area contributed by atoms with E-state index in [1.165, 1.54) is 5.56 Å². The first kappa shape index (κ1) is 14.2. The van der Waals surface area contributed by atoms with Crippen molar-refractivity contribution < 1.29 is 4.79 Å². The van der Waals surface area contributed by atoms with E-state index < -0.39 is 0 Å². The minimum atomic E-state index is -0.183. The predicted octanol–water partition coefficient (Wildman–Crippen LogP) is 1.08. The van der Waals surface area contributed by atoms with Gasteiger partial charge in [0.05, 0.1) is 12.7 Å². The number of benzene rings is 1. The van der Waals surface area contributed by atoms with Gasteiger partial charge in [-0.1, -0.05) is 24.3 Å². The van der Waals surface area contributed by atoms with Crippen molar-refractivity contribution in [3.63, 3.8) is 0 Å². The van der Waals surface area contributed by atoms with Crippen molar-refractivity contribution in [1.29, 1.82) is 0 Å². The molecule has 0 aliphatic rings. The predicted molar refractivity (Wildman–Crippen MR) is 77.6 cm³/mol. The Morgan fingerprint density at radius 3 is 2.65 bits per heavy atom. The summed E-state index contributed by atoms with van der Waals surface area (Å²) in [4.78, 5) is 13.9. The van der Waals surface area contributed by atoms with Gasteiger partial charge >= 0.3 is 0 Å². The van der Waals surface area contributed by atoms with E-state index in [0.29, 0.717) is 18.8 Å². The van der Waals surface area contributed by atoms with Crippen molar-refractivity contribution in [2.75, 3.05) is 18.5 Å². The van der Waals surface area contributed by atoms with E-state index in [4.69, 9.17) is 5.73 Å². The lowest BCUT2D eigenvalue weighted by atomic mass is 10.1. The number of anilines is 1. The molecular weight excluding hydrogens is 254 g/mol. The molecule has 0 bridgehead atoms. The number of hydrogen-bond acceptors (Lipinski definition) is 4. The van der Waals surface area contributed by atoms with Gasteiger partial charge in [0.2, 0.25) is 0 Å². The fourth-order valence-electron chi connectivity index (χ4n) is 1.88. The van der Waals surface area contributed by atoms with Crippen LogP contribution in [0.3, 0.4) is 0 Å². The van der Waals surface area contributed by atoms with Crippen LogP contribution in [0, 0.1) is 0 Å². The van der Waals surface area contributed by atoms with Crippen molar-refractivity contribution in [3.8, 4) is 0 Å². The van der Waals surface area contributed by atoms with Crippen LogP contribution in [0.4, 0.5) is 5.69 Å². The highest BCUT2D eigenvalue weighted by Crippen LogP contribution is 2.16. The lowest BCUT2D eigenvalue weighted by Gasteiger charge is -2.16. The Hall–Kier alpha value is -2.21. The fraction of sp³-hybridized carbons (Fsp3) is 0.357. The third kappa shape index (κ3) is 3.03. The van der Waals surface area contributed by atoms with E-state index in [-0.39, 0.29) is 5.91 Å². The van der Waals surface area contributed by atoms with Gasteiger partial charge in [-0.15, -0.1) is 5.10 Å². The van der Waals surface area contributed by atoms with E-state index in [9.17, 15) is 4.79 Å². The zero-order valence-electron chi connectivity index (χ0n) is 11.8. The summed E-state index contributed by atoms with van der Waals surface area (Å²) >= 11 is 0. The maximum Gasteiger partial charge on any atom is 0.280 e. The summed E-state index contributed by atoms with van der Waals surface area (Å²) in [6.45, 7) is 3.11. The molecule has 0 aliphatic heterocycles. The minimum Gasteiger partial charge on any atom is -0.329 e. The highest BCUT2D eigenvalue weighted by atomic mass is 16.2. The topological polar surface area (TPSA) is 77.0 Å². The summed E-state index contributed by atoms with van der Waals surface area (Å²) in [5, 5.41) is 7.75. The second-order valence-electron chi connectivity index (χ2n) is 4.54. The molecule has 1 aromatic carbocycles. The minimum absolute atomic E-state index is 0.183. The van der Waals surface area contributed by atoms with Crippen LogP contribution in [-0.2, 0) is 13.0 Å². The van der Waals surface area contributed by atoms with Crippen molar-refractivity contribution >= 4 is 11.6 Å². The van der Waals surface area contributed by atoms with Gasteiger partial charge in [0, 0.05) is 19.3 Å². The maximum atomic E-state index is 12.3. The van der Waals surface area contributed by atoms with E-state index in [0.717, 1.165) is 12.1 Å². The number of carbonyl (C=O) groups is 1. The summed E-state index contributed by atoms with van der Waals surface area (Å²) in [6.07, 6.45) is 2.59. The molecule has 2 rings (SSSR count). The van der Waals surface area contributed by atoms with Crippen LogP contribution in [0.5, 0.6) is 0 Å². The molecule has 0 atom stereocenters. The van der Waals surface area contributed by atoms with Gasteiger partial charge in [-0.25, -0.2) is 0 Å². The van der Waals surface area contributed by atoms with E-state index in [2.05, 4.69) is 17.2 Å². The highest BCUT2D eigenvalue weighted by Gasteiger charge is 2.17. The van der Waals surface area contributed by atoms with Gasteiger partial charge in [0.1, 0.15) is 0 Å². The monoisotopic (exact) mass is 273 g/mol. The zero-order chi connectivity index (χ0) is 14.5. The Morgan fingerprint density at radius 2 is 2.05 bits per heavy atom. The summed E-state index contributed by atoms with van der Waals surface area (Å²) in [6, 6.07) is 7.90. The van der Waals surface area contributed by atoms with E-state index in [1.807, 2.05) is 24.3 Å². The zero-order valence-corrected chi connectivity index (χ0v) is 11.8. The Bertz CT molecular complexity index is 576. The number of nitrogens with two attached hydrogens (primary N) is 1. The molecule has 1 heterocycles. The molecule has 6 nitrogen and oxygen atoms in total. The van der Waals surface area contributed by atoms with Crippen LogP contribution < -0.4 is 10.6 Å². The number of aromatic nitrogens is 3. The molecule has 1 amide bonds. The molecule has 0 radical (unpaired) electrons. The van der Waals surface area contributed by atoms with Crippen LogP contribution in [0.15, 0.2) is 30.5 Å². The van der Waals surface area contributed by atoms with Crippen LogP contribution in [-0.4, -0.2) is 34.5 Å². The molecule has 2 N–H and O–H groups in total. The molecule has 20 heavy (non-hydrogen) atoms. The molecule has 0 saturated heterocycles. The van der Waals surface area contributed by atoms with Crippen LogP contribution in [0.2, 0.25) is 0 Å². The first-order valence-corrected chi connectivity index (χ1v) is 6.63. The third-order valence-electron chi connectivity index (χ3n) is 3.15. The van der Waals surface area contributed by atoms with Crippen molar-refractivity contribution in [2.24, 2.45) is 5.73 Å². The van der Waals surface area contributed by atoms with E-state index >= 15 is 0 Å². The second kappa shape index (κ2) is 6.29. The van der Waals surface area contributed by atoms with Crippen LogP contribution in [0.1, 0.15) is 23.0 Å². The quantitative estimate of drug-likeness (QED) is 0.884. The molecule has 0 unspecified atom stereocenters. The smallest absolute Gasteiger partial charge is 0.280 e. The summed E-state index contributed by atoms with van der Waals surface area (Å²) in [5.41, 5.74) is 7.83. The van der Waals surface area contributed by atoms with Gasteiger partial charge in [0.25, 0.3) is 5.91 Å². The maximum absolute atomic E-state index is 12.3. The fourth-order valence-corrected chi connectivity index (χ4v) is 1.88. The van der Waals surface area contributed by atoms with Crippen molar-refractivity contribution in [2.45, 2.75) is 19.9 Å². The van der Waals surface area contributed by atoms with Gasteiger partial charge < -0.3 is 10.6 Å². The molecular formula is C14H19N5O. The third-order valence-corrected chi connectivity index (χ3v) is 3.15. The average Bonchev–Trinajstić information content (AvgIpc) is 2.95. The van der Waals surface area contributed by atoms with Crippen molar-refractivity contribution in [3.05, 3.63) is 41.7 Å². The molecule has 0 fully saturated rings. The Kier molecular flexibility index (Phi) is 4.47. The van der Waals surface area contributed by atoms with Gasteiger partial charge in [-0.3, -0.25) is 9.48 Å². The summed E-state index contributed by atoms with van der Waals surface area (Å²) < 4.78 is 1.57. The second-order valence-corrected chi connectivity index (χ2v) is 4.54. The number of carbonyl (C=O) groups excluding carboxylic acids is 1. The van der Waals surface area contributed by atoms with Gasteiger partial charge in [-0.2, -0.15) is 0 Å². The van der Waals surface area contributed by atoms with Crippen LogP contribution >= 0.6 is 0 Å². The Labute approximate surface area is 118 Å². The highest BCUT2D eigenvalue weighted by molar-refractivity contribution is 6.04. The van der Waals surface area contributed by atoms with E-state index in [1.54, 1.807) is 22.8 Å². The first-order chi connectivity index (χ1) is 9.65. The molecule has 1 aromatic heterocycles. The number of amides is 1. The molecule has 106 valence electrons. The normalized spacial score (nSPS) is 10.6. The SMILES string of the molecule is CCc1ccc(N(C)C(=O)c2cn(CCN)nn2)cc1.